The Kier molecular flexibility index (Phi) is 5.86. The third-order valence-corrected chi connectivity index (χ3v) is 4.52. The summed E-state index contributed by atoms with van der Waals surface area (Å²) >= 11 is 0. The van der Waals surface area contributed by atoms with Gasteiger partial charge in [-0.3, -0.25) is 10.1 Å². The van der Waals surface area contributed by atoms with Gasteiger partial charge >= 0.3 is 6.09 Å². The third kappa shape index (κ3) is 4.94. The third-order valence-electron chi connectivity index (χ3n) is 4.52. The number of amides is 2. The van der Waals surface area contributed by atoms with Crippen LogP contribution in [0.5, 0.6) is 0 Å². The molecule has 3 rings (SSSR count). The van der Waals surface area contributed by atoms with Crippen molar-refractivity contribution in [3.63, 3.8) is 0 Å². The summed E-state index contributed by atoms with van der Waals surface area (Å²) in [7, 11) is 0. The number of anilines is 1. The van der Waals surface area contributed by atoms with Crippen LogP contribution in [0, 0.1) is 5.92 Å². The molecule has 0 saturated heterocycles. The summed E-state index contributed by atoms with van der Waals surface area (Å²) in [6.45, 7) is 4.29. The number of benzene rings is 2. The van der Waals surface area contributed by atoms with E-state index in [1.807, 2.05) is 56.3 Å². The van der Waals surface area contributed by atoms with Crippen molar-refractivity contribution in [2.45, 2.75) is 26.2 Å². The summed E-state index contributed by atoms with van der Waals surface area (Å²) < 4.78 is 5.32. The highest BCUT2D eigenvalue weighted by Gasteiger charge is 2.21. The Labute approximate surface area is 158 Å². The van der Waals surface area contributed by atoms with Gasteiger partial charge in [0.05, 0.1) is 12.3 Å². The monoisotopic (exact) mass is 365 g/mol. The van der Waals surface area contributed by atoms with Gasteiger partial charge in [-0.2, -0.15) is 5.10 Å². The SMILES string of the molecule is CC1CC(=O)NN=C1c1ccc(NC(=O)OCC(C)c2ccccc2)cc1. The van der Waals surface area contributed by atoms with E-state index in [1.165, 1.54) is 0 Å². The zero-order chi connectivity index (χ0) is 19.2. The van der Waals surface area contributed by atoms with Crippen LogP contribution in [0.15, 0.2) is 59.7 Å². The summed E-state index contributed by atoms with van der Waals surface area (Å²) in [5, 5.41) is 6.86. The van der Waals surface area contributed by atoms with Gasteiger partial charge in [0, 0.05) is 23.9 Å². The molecule has 0 saturated carbocycles. The molecule has 0 radical (unpaired) electrons. The van der Waals surface area contributed by atoms with Crippen LogP contribution in [0.2, 0.25) is 0 Å². The maximum Gasteiger partial charge on any atom is 0.411 e. The molecule has 0 aromatic heterocycles. The average molecular weight is 365 g/mol. The molecular weight excluding hydrogens is 342 g/mol. The molecule has 0 aliphatic carbocycles. The van der Waals surface area contributed by atoms with Crippen molar-refractivity contribution in [1.82, 2.24) is 5.43 Å². The predicted molar refractivity (Wildman–Crippen MR) is 105 cm³/mol. The Morgan fingerprint density at radius 2 is 1.93 bits per heavy atom. The van der Waals surface area contributed by atoms with Gasteiger partial charge in [-0.15, -0.1) is 0 Å². The molecule has 2 aromatic carbocycles. The molecule has 1 aliphatic heterocycles. The topological polar surface area (TPSA) is 79.8 Å². The van der Waals surface area contributed by atoms with Crippen LogP contribution in [0.1, 0.15) is 37.3 Å². The van der Waals surface area contributed by atoms with Gasteiger partial charge in [-0.1, -0.05) is 56.3 Å². The molecule has 2 aromatic rings. The first-order valence-electron chi connectivity index (χ1n) is 8.98. The second-order valence-corrected chi connectivity index (χ2v) is 6.75. The number of nitrogens with zero attached hydrogens (tertiary/aromatic N) is 1. The highest BCUT2D eigenvalue weighted by atomic mass is 16.5. The summed E-state index contributed by atoms with van der Waals surface area (Å²) in [6, 6.07) is 17.3. The van der Waals surface area contributed by atoms with E-state index in [4.69, 9.17) is 4.74 Å². The maximum atomic E-state index is 12.0. The molecule has 2 atom stereocenters. The molecule has 0 bridgehead atoms. The van der Waals surface area contributed by atoms with Crippen molar-refractivity contribution in [2.75, 3.05) is 11.9 Å². The van der Waals surface area contributed by atoms with Crippen LogP contribution in [0.4, 0.5) is 10.5 Å². The summed E-state index contributed by atoms with van der Waals surface area (Å²) in [5.74, 6) is 0.111. The maximum absolute atomic E-state index is 12.0. The lowest BCUT2D eigenvalue weighted by molar-refractivity contribution is -0.121. The Bertz CT molecular complexity index is 832. The highest BCUT2D eigenvalue weighted by Crippen LogP contribution is 2.19. The Hall–Kier alpha value is -3.15. The van der Waals surface area contributed by atoms with E-state index in [1.54, 1.807) is 12.1 Å². The van der Waals surface area contributed by atoms with Crippen molar-refractivity contribution >= 4 is 23.4 Å². The first-order valence-corrected chi connectivity index (χ1v) is 8.98. The Balaban J connectivity index is 1.53. The lowest BCUT2D eigenvalue weighted by Gasteiger charge is -2.19. The second-order valence-electron chi connectivity index (χ2n) is 6.75. The van der Waals surface area contributed by atoms with Crippen LogP contribution in [0.3, 0.4) is 0 Å². The standard InChI is InChI=1S/C21H23N3O3/c1-14-12-19(25)23-24-20(14)17-8-10-18(11-9-17)22-21(26)27-13-15(2)16-6-4-3-5-7-16/h3-11,14-15H,12-13H2,1-2H3,(H,22,26)(H,23,25). The van der Waals surface area contributed by atoms with Crippen molar-refractivity contribution in [3.8, 4) is 0 Å². The van der Waals surface area contributed by atoms with Crippen LogP contribution in [-0.4, -0.2) is 24.3 Å². The van der Waals surface area contributed by atoms with Crippen LogP contribution in [-0.2, 0) is 9.53 Å². The van der Waals surface area contributed by atoms with Crippen LogP contribution < -0.4 is 10.7 Å². The minimum Gasteiger partial charge on any atom is -0.449 e. The zero-order valence-corrected chi connectivity index (χ0v) is 15.4. The first-order chi connectivity index (χ1) is 13.0. The molecule has 27 heavy (non-hydrogen) atoms. The number of hydrogen-bond acceptors (Lipinski definition) is 4. The zero-order valence-electron chi connectivity index (χ0n) is 15.4. The van der Waals surface area contributed by atoms with Gasteiger partial charge in [0.1, 0.15) is 0 Å². The van der Waals surface area contributed by atoms with Gasteiger partial charge in [-0.25, -0.2) is 10.2 Å². The Morgan fingerprint density at radius 3 is 2.59 bits per heavy atom. The lowest BCUT2D eigenvalue weighted by atomic mass is 9.94. The second kappa shape index (κ2) is 8.49. The van der Waals surface area contributed by atoms with Gasteiger partial charge in [-0.05, 0) is 23.3 Å². The molecule has 1 heterocycles. The number of hydrazone groups is 1. The molecule has 2 N–H and O–H groups in total. The number of rotatable bonds is 5. The molecule has 2 amide bonds. The first kappa shape index (κ1) is 18.6. The molecule has 6 heteroatoms. The quantitative estimate of drug-likeness (QED) is 0.843. The fourth-order valence-corrected chi connectivity index (χ4v) is 2.96. The number of nitrogens with one attached hydrogen (secondary N) is 2. The van der Waals surface area contributed by atoms with Crippen molar-refractivity contribution in [3.05, 3.63) is 65.7 Å². The van der Waals surface area contributed by atoms with Crippen molar-refractivity contribution in [2.24, 2.45) is 11.0 Å². The summed E-state index contributed by atoms with van der Waals surface area (Å²) in [4.78, 5) is 23.4. The van der Waals surface area contributed by atoms with Crippen LogP contribution in [0.25, 0.3) is 0 Å². The molecule has 6 nitrogen and oxygen atoms in total. The fourth-order valence-electron chi connectivity index (χ4n) is 2.96. The summed E-state index contributed by atoms with van der Waals surface area (Å²) in [5.41, 5.74) is 6.03. The molecule has 0 spiro atoms. The molecule has 1 aliphatic rings. The van der Waals surface area contributed by atoms with E-state index in [9.17, 15) is 9.59 Å². The highest BCUT2D eigenvalue weighted by molar-refractivity contribution is 6.06. The minimum atomic E-state index is -0.485. The van der Waals surface area contributed by atoms with E-state index in [-0.39, 0.29) is 17.7 Å². The van der Waals surface area contributed by atoms with E-state index in [2.05, 4.69) is 15.8 Å². The molecule has 140 valence electrons. The smallest absolute Gasteiger partial charge is 0.411 e. The molecule has 2 unspecified atom stereocenters. The largest absolute Gasteiger partial charge is 0.449 e. The van der Waals surface area contributed by atoms with Gasteiger partial charge < -0.3 is 4.74 Å². The van der Waals surface area contributed by atoms with E-state index >= 15 is 0 Å². The number of ether oxygens (including phenoxy) is 1. The number of carbonyl (C=O) groups is 2. The average Bonchev–Trinajstić information content (AvgIpc) is 2.68. The van der Waals surface area contributed by atoms with Crippen molar-refractivity contribution < 1.29 is 14.3 Å². The fraction of sp³-hybridized carbons (Fsp3) is 0.286. The van der Waals surface area contributed by atoms with E-state index in [0.717, 1.165) is 16.8 Å². The normalized spacial score (nSPS) is 17.5. The predicted octanol–water partition coefficient (Wildman–Crippen LogP) is 3.90. The van der Waals surface area contributed by atoms with Gasteiger partial charge in [0.2, 0.25) is 5.91 Å². The van der Waals surface area contributed by atoms with E-state index < -0.39 is 6.09 Å². The van der Waals surface area contributed by atoms with Gasteiger partial charge in [0.25, 0.3) is 0 Å². The molecular formula is C21H23N3O3. The Morgan fingerprint density at radius 1 is 1.22 bits per heavy atom. The molecule has 0 fully saturated rings. The van der Waals surface area contributed by atoms with Crippen LogP contribution >= 0.6 is 0 Å². The van der Waals surface area contributed by atoms with Crippen molar-refractivity contribution in [1.29, 1.82) is 0 Å². The van der Waals surface area contributed by atoms with Gasteiger partial charge in [0.15, 0.2) is 0 Å². The minimum absolute atomic E-state index is 0.0574. The van der Waals surface area contributed by atoms with E-state index in [0.29, 0.717) is 18.7 Å². The number of carbonyl (C=O) groups excluding carboxylic acids is 2. The lowest BCUT2D eigenvalue weighted by Crippen LogP contribution is -2.31. The number of hydrogen-bond donors (Lipinski definition) is 2. The summed E-state index contributed by atoms with van der Waals surface area (Å²) in [6.07, 6.45) is -0.0636.